The number of hydrogen-bond acceptors (Lipinski definition) is 2. The monoisotopic (exact) mass is 405 g/mol. The summed E-state index contributed by atoms with van der Waals surface area (Å²) >= 11 is 1.92. The molecule has 0 radical (unpaired) electrons. The fourth-order valence-electron chi connectivity index (χ4n) is 4.90. The van der Waals surface area contributed by atoms with E-state index in [2.05, 4.69) is 83.3 Å². The highest BCUT2D eigenvalue weighted by molar-refractivity contribution is 8.03. The van der Waals surface area contributed by atoms with Gasteiger partial charge in [-0.15, -0.1) is 11.8 Å². The predicted molar refractivity (Wildman–Crippen MR) is 130 cm³/mol. The number of rotatable bonds is 3. The number of thioether (sulfide) groups is 1. The molecular weight excluding hydrogens is 370 g/mol. The summed E-state index contributed by atoms with van der Waals surface area (Å²) in [6, 6.07) is 12.1. The summed E-state index contributed by atoms with van der Waals surface area (Å²) in [5.41, 5.74) is 10.6. The Balaban J connectivity index is 1.87. The fourth-order valence-corrected chi connectivity index (χ4v) is 5.72. The second kappa shape index (κ2) is 7.63. The van der Waals surface area contributed by atoms with Crippen LogP contribution in [0.3, 0.4) is 0 Å². The summed E-state index contributed by atoms with van der Waals surface area (Å²) in [4.78, 5) is 1.44. The first-order valence-corrected chi connectivity index (χ1v) is 12.0. The summed E-state index contributed by atoms with van der Waals surface area (Å²) in [6.07, 6.45) is 5.94. The molecule has 2 aromatic rings. The van der Waals surface area contributed by atoms with Gasteiger partial charge in [0, 0.05) is 17.3 Å². The second-order valence-electron chi connectivity index (χ2n) is 10.1. The van der Waals surface area contributed by atoms with Gasteiger partial charge in [-0.2, -0.15) is 0 Å². The van der Waals surface area contributed by atoms with Crippen LogP contribution in [0, 0.1) is 6.92 Å². The lowest BCUT2D eigenvalue weighted by atomic mass is 9.62. The first-order valence-electron chi connectivity index (χ1n) is 11.0. The van der Waals surface area contributed by atoms with Crippen LogP contribution in [0.15, 0.2) is 35.2 Å². The van der Waals surface area contributed by atoms with E-state index < -0.39 is 0 Å². The third-order valence-electron chi connectivity index (χ3n) is 6.99. The standard InChI is InChI=1S/C27H35NS/c1-7-20-9-8-19(13-21-16-28-17-29-21)14-23(20)22-15-25-24(12-18(22)2)26(3,4)10-11-27(25,5)6/h8-9,12-15,28H,7,10-11,16-17H2,1-6H3. The molecule has 1 aliphatic heterocycles. The van der Waals surface area contributed by atoms with E-state index in [9.17, 15) is 0 Å². The van der Waals surface area contributed by atoms with Gasteiger partial charge in [0.15, 0.2) is 0 Å². The minimum absolute atomic E-state index is 0.241. The van der Waals surface area contributed by atoms with Crippen molar-refractivity contribution in [3.05, 3.63) is 63.1 Å². The average Bonchev–Trinajstić information content (AvgIpc) is 3.18. The van der Waals surface area contributed by atoms with E-state index >= 15 is 0 Å². The topological polar surface area (TPSA) is 12.0 Å². The molecule has 0 atom stereocenters. The first kappa shape index (κ1) is 20.8. The van der Waals surface area contributed by atoms with Crippen LogP contribution in [-0.4, -0.2) is 12.4 Å². The van der Waals surface area contributed by atoms with Crippen LogP contribution in [0.5, 0.6) is 0 Å². The first-order chi connectivity index (χ1) is 13.7. The zero-order valence-electron chi connectivity index (χ0n) is 18.9. The van der Waals surface area contributed by atoms with Crippen LogP contribution in [0.25, 0.3) is 17.2 Å². The van der Waals surface area contributed by atoms with Crippen molar-refractivity contribution >= 4 is 17.8 Å². The minimum Gasteiger partial charge on any atom is -0.303 e. The molecule has 29 heavy (non-hydrogen) atoms. The smallest absolute Gasteiger partial charge is 0.0465 e. The van der Waals surface area contributed by atoms with Crippen molar-refractivity contribution in [1.82, 2.24) is 5.32 Å². The Morgan fingerprint density at radius 3 is 2.28 bits per heavy atom. The molecule has 4 rings (SSSR count). The van der Waals surface area contributed by atoms with Crippen LogP contribution in [0.1, 0.15) is 75.3 Å². The number of nitrogens with one attached hydrogen (secondary N) is 1. The van der Waals surface area contributed by atoms with Gasteiger partial charge in [0.2, 0.25) is 0 Å². The number of hydrogen-bond donors (Lipinski definition) is 1. The van der Waals surface area contributed by atoms with E-state index in [0.29, 0.717) is 0 Å². The van der Waals surface area contributed by atoms with Crippen molar-refractivity contribution in [2.75, 3.05) is 12.4 Å². The summed E-state index contributed by atoms with van der Waals surface area (Å²) in [6.45, 7) is 15.2. The fraction of sp³-hybridized carbons (Fsp3) is 0.481. The Kier molecular flexibility index (Phi) is 5.46. The Morgan fingerprint density at radius 1 is 0.966 bits per heavy atom. The minimum atomic E-state index is 0.241. The van der Waals surface area contributed by atoms with E-state index in [4.69, 9.17) is 0 Å². The molecule has 2 aliphatic rings. The van der Waals surface area contributed by atoms with Crippen molar-refractivity contribution in [3.8, 4) is 11.1 Å². The lowest BCUT2D eigenvalue weighted by Crippen LogP contribution is -2.34. The summed E-state index contributed by atoms with van der Waals surface area (Å²) in [7, 11) is 0. The van der Waals surface area contributed by atoms with E-state index in [1.165, 1.54) is 45.6 Å². The third-order valence-corrected chi connectivity index (χ3v) is 7.97. The summed E-state index contributed by atoms with van der Waals surface area (Å²) < 4.78 is 0. The predicted octanol–water partition coefficient (Wildman–Crippen LogP) is 7.21. The Labute approximate surface area is 181 Å². The van der Waals surface area contributed by atoms with Gasteiger partial charge in [0.25, 0.3) is 0 Å². The van der Waals surface area contributed by atoms with E-state index in [0.717, 1.165) is 18.8 Å². The Morgan fingerprint density at radius 2 is 1.66 bits per heavy atom. The van der Waals surface area contributed by atoms with Gasteiger partial charge >= 0.3 is 0 Å². The molecule has 2 aromatic carbocycles. The lowest BCUT2D eigenvalue weighted by molar-refractivity contribution is 0.332. The molecule has 0 saturated carbocycles. The molecule has 1 aliphatic carbocycles. The molecule has 154 valence electrons. The molecule has 2 heteroatoms. The quantitative estimate of drug-likeness (QED) is 0.579. The molecule has 0 bridgehead atoms. The molecule has 1 N–H and O–H groups in total. The van der Waals surface area contributed by atoms with Crippen molar-refractivity contribution in [1.29, 1.82) is 0 Å². The van der Waals surface area contributed by atoms with Crippen LogP contribution in [0.4, 0.5) is 0 Å². The molecule has 0 amide bonds. The SMILES string of the molecule is CCc1ccc(C=C2CNCS2)cc1-c1cc2c(cc1C)C(C)(C)CCC2(C)C. The maximum atomic E-state index is 3.42. The third kappa shape index (κ3) is 3.94. The molecule has 1 nitrogen and oxygen atoms in total. The van der Waals surface area contributed by atoms with E-state index in [1.807, 2.05) is 11.8 Å². The largest absolute Gasteiger partial charge is 0.303 e. The number of aryl methyl sites for hydroxylation is 2. The van der Waals surface area contributed by atoms with Crippen molar-refractivity contribution in [3.63, 3.8) is 0 Å². The highest BCUT2D eigenvalue weighted by Crippen LogP contribution is 2.48. The molecule has 1 heterocycles. The zero-order chi connectivity index (χ0) is 20.8. The molecule has 1 saturated heterocycles. The van der Waals surface area contributed by atoms with Crippen LogP contribution in [0.2, 0.25) is 0 Å². The van der Waals surface area contributed by atoms with E-state index in [1.54, 1.807) is 11.1 Å². The van der Waals surface area contributed by atoms with Gasteiger partial charge in [-0.25, -0.2) is 0 Å². The highest BCUT2D eigenvalue weighted by atomic mass is 32.2. The summed E-state index contributed by atoms with van der Waals surface area (Å²) in [5, 5.41) is 3.42. The molecule has 0 spiro atoms. The molecule has 0 aromatic heterocycles. The van der Waals surface area contributed by atoms with Gasteiger partial charge in [-0.3, -0.25) is 0 Å². The van der Waals surface area contributed by atoms with Gasteiger partial charge in [-0.1, -0.05) is 58.9 Å². The van der Waals surface area contributed by atoms with Gasteiger partial charge in [0.05, 0.1) is 0 Å². The van der Waals surface area contributed by atoms with Crippen molar-refractivity contribution < 1.29 is 0 Å². The van der Waals surface area contributed by atoms with Gasteiger partial charge in [-0.05, 0) is 88.1 Å². The maximum absolute atomic E-state index is 3.42. The van der Waals surface area contributed by atoms with Gasteiger partial charge in [0.1, 0.15) is 0 Å². The van der Waals surface area contributed by atoms with Gasteiger partial charge < -0.3 is 5.32 Å². The molecule has 0 unspecified atom stereocenters. The lowest BCUT2D eigenvalue weighted by Gasteiger charge is -2.42. The van der Waals surface area contributed by atoms with Crippen molar-refractivity contribution in [2.24, 2.45) is 0 Å². The number of benzene rings is 2. The van der Waals surface area contributed by atoms with Crippen LogP contribution < -0.4 is 5.32 Å². The van der Waals surface area contributed by atoms with Crippen LogP contribution >= 0.6 is 11.8 Å². The summed E-state index contributed by atoms with van der Waals surface area (Å²) in [5.74, 6) is 1.03. The second-order valence-corrected chi connectivity index (χ2v) is 11.2. The van der Waals surface area contributed by atoms with E-state index in [-0.39, 0.29) is 10.8 Å². The maximum Gasteiger partial charge on any atom is 0.0465 e. The Bertz CT molecular complexity index is 957. The Hall–Kier alpha value is -1.51. The highest BCUT2D eigenvalue weighted by Gasteiger charge is 2.37. The van der Waals surface area contributed by atoms with Crippen molar-refractivity contribution in [2.45, 2.75) is 71.6 Å². The normalized spacial score (nSPS) is 21.4. The van der Waals surface area contributed by atoms with Crippen LogP contribution in [-0.2, 0) is 17.3 Å². The number of fused-ring (bicyclic) bond motifs is 1. The zero-order valence-corrected chi connectivity index (χ0v) is 19.7. The molecule has 1 fully saturated rings. The molecular formula is C27H35NS. The average molecular weight is 406 g/mol.